The van der Waals surface area contributed by atoms with Crippen molar-refractivity contribution in [2.24, 2.45) is 0 Å². The molecule has 0 fully saturated rings. The van der Waals surface area contributed by atoms with Gasteiger partial charge in [0.2, 0.25) is 0 Å². The Kier molecular flexibility index (Phi) is 9.77. The fourth-order valence-electron chi connectivity index (χ4n) is 4.17. The van der Waals surface area contributed by atoms with Crippen molar-refractivity contribution >= 4 is 54.8 Å². The minimum Gasteiger partial charge on any atom is -0.424 e. The number of carbonyl (C=O) groups excluding carboxylic acids is 1. The number of hydroxylamine groups is 1. The Bertz CT molecular complexity index is 2230. The lowest BCUT2D eigenvalue weighted by molar-refractivity contribution is -0.137. The number of nitrogens with one attached hydrogen (secondary N) is 1. The monoisotopic (exact) mass is 734 g/mol. The highest BCUT2D eigenvalue weighted by Gasteiger charge is 2.33. The standard InChI is InChI=1S/C30H22ClF3N6O7S2/c1-48(42,43)26-12-9-19(30(32,33)34)13-25(26)39-29(41)40(47-49(44,45)23-5-3-2-4-6-23)21-16-37-28(38-17-21)46-22-10-7-18(8-11-22)24-14-20(31)15-36-27(24)35/h2-17H,1H3,(H2,35,36)(H,39,41). The topological polar surface area (TPSA) is 184 Å². The van der Waals surface area contributed by atoms with Gasteiger partial charge in [0, 0.05) is 18.0 Å². The second kappa shape index (κ2) is 13.7. The van der Waals surface area contributed by atoms with Crippen molar-refractivity contribution < 1.29 is 43.8 Å². The number of carbonyl (C=O) groups is 1. The van der Waals surface area contributed by atoms with Gasteiger partial charge in [0.15, 0.2) is 9.84 Å². The predicted octanol–water partition coefficient (Wildman–Crippen LogP) is 6.35. The van der Waals surface area contributed by atoms with E-state index in [0.29, 0.717) is 40.6 Å². The lowest BCUT2D eigenvalue weighted by Crippen LogP contribution is -2.37. The molecule has 5 aromatic rings. The molecule has 0 unspecified atom stereocenters. The van der Waals surface area contributed by atoms with Crippen LogP contribution in [0.4, 0.5) is 35.2 Å². The molecular weight excluding hydrogens is 713 g/mol. The zero-order valence-corrected chi connectivity index (χ0v) is 27.2. The number of ether oxygens (including phenoxy) is 1. The fourth-order valence-corrected chi connectivity index (χ4v) is 6.08. The number of urea groups is 1. The molecule has 49 heavy (non-hydrogen) atoms. The van der Waals surface area contributed by atoms with Crippen LogP contribution in [-0.2, 0) is 30.4 Å². The van der Waals surface area contributed by atoms with Gasteiger partial charge < -0.3 is 15.8 Å². The Labute approximate surface area is 282 Å². The first kappa shape index (κ1) is 35.0. The number of rotatable bonds is 9. The van der Waals surface area contributed by atoms with Crippen molar-refractivity contribution in [1.29, 1.82) is 0 Å². The van der Waals surface area contributed by atoms with Crippen LogP contribution in [0.25, 0.3) is 11.1 Å². The number of aromatic nitrogens is 3. The third-order valence-corrected chi connectivity index (χ3v) is 9.00. The number of halogens is 4. The quantitative estimate of drug-likeness (QED) is 0.161. The van der Waals surface area contributed by atoms with Gasteiger partial charge in [-0.15, -0.1) is 9.35 Å². The van der Waals surface area contributed by atoms with Crippen LogP contribution in [0.15, 0.2) is 107 Å². The Morgan fingerprint density at radius 1 is 0.898 bits per heavy atom. The largest absolute Gasteiger partial charge is 0.424 e. The number of nitrogens with two attached hydrogens (primary N) is 1. The third kappa shape index (κ3) is 8.41. The second-order valence-corrected chi connectivity index (χ2v) is 13.9. The zero-order chi connectivity index (χ0) is 35.6. The molecule has 0 saturated carbocycles. The van der Waals surface area contributed by atoms with E-state index in [1.165, 1.54) is 24.4 Å². The second-order valence-electron chi connectivity index (χ2n) is 9.98. The zero-order valence-electron chi connectivity index (χ0n) is 24.8. The van der Waals surface area contributed by atoms with Crippen molar-refractivity contribution in [2.45, 2.75) is 16.0 Å². The van der Waals surface area contributed by atoms with Crippen LogP contribution in [0.5, 0.6) is 11.8 Å². The van der Waals surface area contributed by atoms with E-state index in [2.05, 4.69) is 15.0 Å². The van der Waals surface area contributed by atoms with Gasteiger partial charge in [-0.2, -0.15) is 21.6 Å². The van der Waals surface area contributed by atoms with Crippen LogP contribution in [0.3, 0.4) is 0 Å². The molecule has 5 rings (SSSR count). The maximum atomic E-state index is 13.5. The minimum atomic E-state index is -4.91. The molecule has 2 heterocycles. The Morgan fingerprint density at radius 3 is 2.16 bits per heavy atom. The Balaban J connectivity index is 1.45. The number of nitrogen functional groups attached to an aromatic ring is 1. The van der Waals surface area contributed by atoms with Crippen LogP contribution in [0, 0.1) is 0 Å². The summed E-state index contributed by atoms with van der Waals surface area (Å²) >= 11 is 6.02. The Hall–Kier alpha value is -5.30. The molecule has 0 aliphatic carbocycles. The van der Waals surface area contributed by atoms with Gasteiger partial charge in [0.1, 0.15) is 17.3 Å². The maximum Gasteiger partial charge on any atom is 0.416 e. The SMILES string of the molecule is CS(=O)(=O)c1ccc(C(F)(F)F)cc1NC(=O)N(OS(=O)(=O)c1ccccc1)c1cnc(Oc2ccc(-c3cc(Cl)cnc3N)cc2)nc1. The molecule has 0 bridgehead atoms. The van der Waals surface area contributed by atoms with Crippen molar-refractivity contribution in [1.82, 2.24) is 15.0 Å². The fraction of sp³-hybridized carbons (Fsp3) is 0.0667. The van der Waals surface area contributed by atoms with E-state index >= 15 is 0 Å². The van der Waals surface area contributed by atoms with Gasteiger partial charge in [-0.3, -0.25) is 0 Å². The van der Waals surface area contributed by atoms with Gasteiger partial charge >= 0.3 is 28.3 Å². The van der Waals surface area contributed by atoms with E-state index in [1.807, 2.05) is 5.32 Å². The highest BCUT2D eigenvalue weighted by Crippen LogP contribution is 2.34. The summed E-state index contributed by atoms with van der Waals surface area (Å²) in [7, 11) is -8.93. The van der Waals surface area contributed by atoms with Crippen LogP contribution in [0.2, 0.25) is 5.02 Å². The van der Waals surface area contributed by atoms with Crippen LogP contribution >= 0.6 is 11.6 Å². The van der Waals surface area contributed by atoms with Gasteiger partial charge in [-0.1, -0.05) is 41.9 Å². The summed E-state index contributed by atoms with van der Waals surface area (Å²) < 4.78 is 102. The molecule has 0 radical (unpaired) electrons. The molecule has 0 atom stereocenters. The van der Waals surface area contributed by atoms with Crippen molar-refractivity contribution in [2.75, 3.05) is 22.4 Å². The average Bonchev–Trinajstić information content (AvgIpc) is 3.05. The lowest BCUT2D eigenvalue weighted by atomic mass is 10.1. The number of sulfone groups is 1. The number of amides is 2. The Morgan fingerprint density at radius 2 is 1.55 bits per heavy atom. The van der Waals surface area contributed by atoms with E-state index in [0.717, 1.165) is 24.5 Å². The highest BCUT2D eigenvalue weighted by molar-refractivity contribution is 7.90. The molecule has 0 aliphatic rings. The van der Waals surface area contributed by atoms with Gasteiger partial charge in [-0.05, 0) is 54.1 Å². The molecule has 3 aromatic carbocycles. The third-order valence-electron chi connectivity index (χ3n) is 6.45. The molecule has 3 N–H and O–H groups in total. The average molecular weight is 735 g/mol. The molecule has 0 saturated heterocycles. The number of pyridine rings is 1. The van der Waals surface area contributed by atoms with Gasteiger partial charge in [0.25, 0.3) is 0 Å². The van der Waals surface area contributed by atoms with Crippen LogP contribution < -0.4 is 20.9 Å². The minimum absolute atomic E-state index is 0.136. The summed E-state index contributed by atoms with van der Waals surface area (Å²) in [6, 6.07) is 14.5. The van der Waals surface area contributed by atoms with E-state index in [1.54, 1.807) is 30.3 Å². The van der Waals surface area contributed by atoms with Gasteiger partial charge in [-0.25, -0.2) is 28.2 Å². The van der Waals surface area contributed by atoms with Crippen molar-refractivity contribution in [3.63, 3.8) is 0 Å². The smallest absolute Gasteiger partial charge is 0.416 e. The summed E-state index contributed by atoms with van der Waals surface area (Å²) in [5.74, 6) is 0.517. The summed E-state index contributed by atoms with van der Waals surface area (Å²) in [5.41, 5.74) is 4.67. The molecule has 2 aromatic heterocycles. The summed E-state index contributed by atoms with van der Waals surface area (Å²) in [6.07, 6.45) is -0.933. The lowest BCUT2D eigenvalue weighted by Gasteiger charge is -2.22. The molecular formula is C30H22ClF3N6O7S2. The van der Waals surface area contributed by atoms with E-state index in [-0.39, 0.29) is 27.5 Å². The normalized spacial score (nSPS) is 11.9. The van der Waals surface area contributed by atoms with E-state index in [4.69, 9.17) is 26.4 Å². The molecule has 254 valence electrons. The number of anilines is 3. The molecule has 0 spiro atoms. The molecule has 2 amide bonds. The van der Waals surface area contributed by atoms with Crippen molar-refractivity contribution in [3.8, 4) is 22.9 Å². The summed E-state index contributed by atoms with van der Waals surface area (Å²) in [5, 5.41) is 2.51. The number of hydrogen-bond donors (Lipinski definition) is 2. The summed E-state index contributed by atoms with van der Waals surface area (Å²) in [4.78, 5) is 24.4. The predicted molar refractivity (Wildman–Crippen MR) is 172 cm³/mol. The first-order valence-corrected chi connectivity index (χ1v) is 17.2. The number of nitrogens with zero attached hydrogens (tertiary/aromatic N) is 4. The van der Waals surface area contributed by atoms with Crippen molar-refractivity contribution in [3.05, 3.63) is 108 Å². The molecule has 13 nitrogen and oxygen atoms in total. The van der Waals surface area contributed by atoms with Crippen LogP contribution in [-0.4, -0.2) is 44.1 Å². The van der Waals surface area contributed by atoms with Gasteiger partial charge in [0.05, 0.1) is 38.5 Å². The highest BCUT2D eigenvalue weighted by atomic mass is 35.5. The molecule has 19 heteroatoms. The first-order valence-electron chi connectivity index (χ1n) is 13.5. The number of alkyl halides is 3. The first-order chi connectivity index (χ1) is 23.0. The van der Waals surface area contributed by atoms with Crippen LogP contribution in [0.1, 0.15) is 5.56 Å². The van der Waals surface area contributed by atoms with E-state index in [9.17, 15) is 34.8 Å². The number of hydrogen-bond acceptors (Lipinski definition) is 11. The molecule has 0 aliphatic heterocycles. The summed E-state index contributed by atoms with van der Waals surface area (Å²) in [6.45, 7) is 0. The van der Waals surface area contributed by atoms with E-state index < -0.39 is 54.0 Å². The maximum absolute atomic E-state index is 13.5. The number of benzene rings is 3.